The molecule has 0 saturated heterocycles. The molecule has 0 radical (unpaired) electrons. The van der Waals surface area contributed by atoms with Crippen LogP contribution in [0.15, 0.2) is 59.7 Å². The second-order valence-electron chi connectivity index (χ2n) is 9.60. The van der Waals surface area contributed by atoms with Crippen molar-refractivity contribution >= 4 is 36.0 Å². The van der Waals surface area contributed by atoms with Gasteiger partial charge in [0.1, 0.15) is 22.6 Å². The Bertz CT molecular complexity index is 1140. The molecule has 0 aliphatic heterocycles. The predicted octanol–water partition coefficient (Wildman–Crippen LogP) is 6.11. The monoisotopic (exact) mass is 624 g/mol. The van der Waals surface area contributed by atoms with Crippen molar-refractivity contribution in [3.63, 3.8) is 0 Å². The summed E-state index contributed by atoms with van der Waals surface area (Å²) in [4.78, 5) is 48.6. The smallest absolute Gasteiger partial charge is 0.345 e. The summed E-state index contributed by atoms with van der Waals surface area (Å²) >= 11 is 0. The summed E-state index contributed by atoms with van der Waals surface area (Å²) < 4.78 is 31.5. The molecule has 0 heterocycles. The molecule has 2 aromatic carbocycles. The van der Waals surface area contributed by atoms with Gasteiger partial charge in [-0.25, -0.2) is 19.2 Å². The van der Waals surface area contributed by atoms with Gasteiger partial charge < -0.3 is 28.4 Å². The first-order chi connectivity index (χ1) is 21.8. The van der Waals surface area contributed by atoms with Crippen molar-refractivity contribution in [3.05, 3.63) is 70.8 Å². The molecular formula is C35H44O10. The first-order valence-corrected chi connectivity index (χ1v) is 15.4. The number of unbranched alkanes of at least 4 members (excludes halogenated alkanes) is 4. The van der Waals surface area contributed by atoms with Gasteiger partial charge in [0.05, 0.1) is 39.6 Å². The van der Waals surface area contributed by atoms with Crippen LogP contribution in [0, 0.1) is 0 Å². The molecule has 0 fully saturated rings. The lowest BCUT2D eigenvalue weighted by Gasteiger charge is -2.09. The second kappa shape index (κ2) is 21.2. The van der Waals surface area contributed by atoms with E-state index in [1.54, 1.807) is 76.2 Å². The third-order valence-corrected chi connectivity index (χ3v) is 6.19. The van der Waals surface area contributed by atoms with Gasteiger partial charge in [-0.3, -0.25) is 0 Å². The number of rotatable bonds is 20. The van der Waals surface area contributed by atoms with E-state index in [-0.39, 0.29) is 37.6 Å². The largest absolute Gasteiger partial charge is 0.494 e. The molecule has 0 aromatic heterocycles. The van der Waals surface area contributed by atoms with Crippen LogP contribution in [-0.4, -0.2) is 63.5 Å². The Kier molecular flexibility index (Phi) is 17.2. The molecule has 2 aromatic rings. The first kappa shape index (κ1) is 36.6. The Morgan fingerprint density at radius 3 is 1.04 bits per heavy atom. The number of hydrogen-bond donors (Lipinski definition) is 0. The topological polar surface area (TPSA) is 124 Å². The fraction of sp³-hybridized carbons (Fsp3) is 0.429. The fourth-order valence-corrected chi connectivity index (χ4v) is 4.01. The van der Waals surface area contributed by atoms with Crippen molar-refractivity contribution < 1.29 is 47.6 Å². The van der Waals surface area contributed by atoms with Crippen LogP contribution in [0.3, 0.4) is 0 Å². The number of carbonyl (C=O) groups is 4. The summed E-state index contributed by atoms with van der Waals surface area (Å²) in [6, 6.07) is 14.2. The molecule has 0 unspecified atom stereocenters. The average molecular weight is 625 g/mol. The van der Waals surface area contributed by atoms with Gasteiger partial charge in [0.15, 0.2) is 0 Å². The van der Waals surface area contributed by atoms with Crippen LogP contribution >= 0.6 is 0 Å². The minimum Gasteiger partial charge on any atom is -0.494 e. The Morgan fingerprint density at radius 1 is 0.467 bits per heavy atom. The van der Waals surface area contributed by atoms with Gasteiger partial charge >= 0.3 is 23.9 Å². The molecule has 0 saturated carbocycles. The van der Waals surface area contributed by atoms with Crippen LogP contribution in [-0.2, 0) is 38.1 Å². The first-order valence-electron chi connectivity index (χ1n) is 15.4. The van der Waals surface area contributed by atoms with Crippen LogP contribution in [0.2, 0.25) is 0 Å². The second-order valence-corrected chi connectivity index (χ2v) is 9.60. The van der Waals surface area contributed by atoms with E-state index in [1.807, 2.05) is 0 Å². The molecule has 0 bridgehead atoms. The van der Waals surface area contributed by atoms with Gasteiger partial charge in [-0.05, 0) is 88.1 Å². The molecule has 2 rings (SSSR count). The number of carbonyl (C=O) groups excluding carboxylic acids is 4. The number of esters is 4. The Labute approximate surface area is 265 Å². The number of benzene rings is 2. The Morgan fingerprint density at radius 2 is 0.756 bits per heavy atom. The molecule has 0 aliphatic carbocycles. The van der Waals surface area contributed by atoms with Gasteiger partial charge in [-0.15, -0.1) is 0 Å². The van der Waals surface area contributed by atoms with Crippen molar-refractivity contribution in [3.8, 4) is 11.5 Å². The van der Waals surface area contributed by atoms with E-state index in [0.29, 0.717) is 35.8 Å². The van der Waals surface area contributed by atoms with Crippen molar-refractivity contribution in [2.24, 2.45) is 0 Å². The quantitative estimate of drug-likeness (QED) is 0.0425. The standard InChI is InChI=1S/C35H44O10/c1-5-40-32(36)30(33(37)41-6-2)24-26-14-18-28(19-15-26)44-22-12-10-9-11-13-23-45-29-20-16-27(17-21-29)25-31(34(38)42-7-3)35(39)43-8-4/h14-21,24-25H,5-13,22-23H2,1-4H3. The van der Waals surface area contributed by atoms with E-state index in [0.717, 1.165) is 32.1 Å². The SMILES string of the molecule is CCOC(=O)C(=Cc1ccc(OCCCCCCCOc2ccc(C=C(C(=O)OCC)C(=O)OCC)cc2)cc1)C(=O)OCC. The molecule has 10 heteroatoms. The van der Waals surface area contributed by atoms with Crippen LogP contribution in [0.25, 0.3) is 12.2 Å². The van der Waals surface area contributed by atoms with Crippen molar-refractivity contribution in [2.75, 3.05) is 39.6 Å². The van der Waals surface area contributed by atoms with Gasteiger partial charge in [-0.2, -0.15) is 0 Å². The van der Waals surface area contributed by atoms with Gasteiger partial charge in [-0.1, -0.05) is 43.5 Å². The highest BCUT2D eigenvalue weighted by Gasteiger charge is 2.22. The molecule has 244 valence electrons. The summed E-state index contributed by atoms with van der Waals surface area (Å²) in [5.41, 5.74) is 1.01. The zero-order chi connectivity index (χ0) is 32.9. The van der Waals surface area contributed by atoms with Crippen molar-refractivity contribution in [1.82, 2.24) is 0 Å². The lowest BCUT2D eigenvalue weighted by atomic mass is 10.1. The molecular weight excluding hydrogens is 580 g/mol. The summed E-state index contributed by atoms with van der Waals surface area (Å²) in [7, 11) is 0. The van der Waals surface area contributed by atoms with Crippen molar-refractivity contribution in [2.45, 2.75) is 59.8 Å². The van der Waals surface area contributed by atoms with Gasteiger partial charge in [0, 0.05) is 0 Å². The lowest BCUT2D eigenvalue weighted by molar-refractivity contribution is -0.148. The zero-order valence-corrected chi connectivity index (χ0v) is 26.6. The molecule has 0 atom stereocenters. The van der Waals surface area contributed by atoms with Crippen molar-refractivity contribution in [1.29, 1.82) is 0 Å². The highest BCUT2D eigenvalue weighted by atomic mass is 16.6. The lowest BCUT2D eigenvalue weighted by Crippen LogP contribution is -2.18. The maximum absolute atomic E-state index is 12.1. The van der Waals surface area contributed by atoms with E-state index >= 15 is 0 Å². The molecule has 0 N–H and O–H groups in total. The van der Waals surface area contributed by atoms with E-state index in [1.165, 1.54) is 12.2 Å². The molecule has 0 aliphatic rings. The molecule has 45 heavy (non-hydrogen) atoms. The summed E-state index contributed by atoms with van der Waals surface area (Å²) in [6.07, 6.45) is 7.82. The van der Waals surface area contributed by atoms with Crippen LogP contribution in [0.5, 0.6) is 11.5 Å². The highest BCUT2D eigenvalue weighted by molar-refractivity contribution is 6.18. The maximum atomic E-state index is 12.1. The fourth-order valence-electron chi connectivity index (χ4n) is 4.01. The van der Waals surface area contributed by atoms with E-state index in [9.17, 15) is 19.2 Å². The van der Waals surface area contributed by atoms with E-state index in [4.69, 9.17) is 28.4 Å². The highest BCUT2D eigenvalue weighted by Crippen LogP contribution is 2.18. The van der Waals surface area contributed by atoms with Gasteiger partial charge in [0.2, 0.25) is 0 Å². The normalized spacial score (nSPS) is 10.2. The minimum atomic E-state index is -0.717. The third-order valence-electron chi connectivity index (χ3n) is 6.19. The zero-order valence-electron chi connectivity index (χ0n) is 26.6. The van der Waals surface area contributed by atoms with Crippen LogP contribution in [0.4, 0.5) is 0 Å². The third kappa shape index (κ3) is 13.7. The Balaban J connectivity index is 1.69. The minimum absolute atomic E-state index is 0.151. The summed E-state index contributed by atoms with van der Waals surface area (Å²) in [6.45, 7) is 8.49. The average Bonchev–Trinajstić information content (AvgIpc) is 3.03. The van der Waals surface area contributed by atoms with Crippen LogP contribution < -0.4 is 9.47 Å². The molecule has 0 amide bonds. The molecule has 0 spiro atoms. The van der Waals surface area contributed by atoms with E-state index < -0.39 is 23.9 Å². The maximum Gasteiger partial charge on any atom is 0.345 e. The summed E-state index contributed by atoms with van der Waals surface area (Å²) in [5, 5.41) is 0. The summed E-state index contributed by atoms with van der Waals surface area (Å²) in [5.74, 6) is -1.46. The van der Waals surface area contributed by atoms with Crippen LogP contribution in [0.1, 0.15) is 70.9 Å². The number of ether oxygens (including phenoxy) is 6. The number of hydrogen-bond acceptors (Lipinski definition) is 10. The van der Waals surface area contributed by atoms with Gasteiger partial charge in [0.25, 0.3) is 0 Å². The predicted molar refractivity (Wildman–Crippen MR) is 169 cm³/mol. The Hall–Kier alpha value is -4.60. The van der Waals surface area contributed by atoms with E-state index in [2.05, 4.69) is 0 Å². The molecule has 10 nitrogen and oxygen atoms in total.